The molecule has 0 spiro atoms. The number of fused-ring (bicyclic) bond motifs is 1. The maximum Gasteiger partial charge on any atom is 0.270 e. The van der Waals surface area contributed by atoms with Crippen LogP contribution >= 0.6 is 0 Å². The number of rotatable bonds is 5. The number of aryl methyl sites for hydroxylation is 1. The van der Waals surface area contributed by atoms with Gasteiger partial charge in [-0.05, 0) is 62.8 Å². The van der Waals surface area contributed by atoms with Crippen LogP contribution in [-0.2, 0) is 7.05 Å². The van der Waals surface area contributed by atoms with E-state index in [0.717, 1.165) is 49.4 Å². The van der Waals surface area contributed by atoms with Crippen molar-refractivity contribution in [2.45, 2.75) is 57.9 Å². The molecule has 37 heavy (non-hydrogen) atoms. The minimum atomic E-state index is -0.325. The average molecular weight is 501 g/mol. The molecule has 2 saturated carbocycles. The summed E-state index contributed by atoms with van der Waals surface area (Å²) in [7, 11) is 3.55. The maximum absolute atomic E-state index is 13.1. The lowest BCUT2D eigenvalue weighted by molar-refractivity contribution is 0.428. The first-order valence-corrected chi connectivity index (χ1v) is 12.9. The van der Waals surface area contributed by atoms with Crippen LogP contribution in [0.2, 0.25) is 0 Å². The highest BCUT2D eigenvalue weighted by molar-refractivity contribution is 5.92. The third-order valence-electron chi connectivity index (χ3n) is 7.46. The molecule has 0 radical (unpaired) electrons. The number of halogens is 1. The fourth-order valence-corrected chi connectivity index (χ4v) is 4.93. The summed E-state index contributed by atoms with van der Waals surface area (Å²) in [6, 6.07) is 12.9. The summed E-state index contributed by atoms with van der Waals surface area (Å²) >= 11 is 0. The van der Waals surface area contributed by atoms with Gasteiger partial charge in [0.15, 0.2) is 0 Å². The van der Waals surface area contributed by atoms with Crippen molar-refractivity contribution in [3.05, 3.63) is 63.3 Å². The molecule has 0 aliphatic heterocycles. The van der Waals surface area contributed by atoms with Crippen molar-refractivity contribution in [1.82, 2.24) is 9.55 Å². The van der Waals surface area contributed by atoms with Crippen molar-refractivity contribution in [3.63, 3.8) is 0 Å². The van der Waals surface area contributed by atoms with E-state index in [4.69, 9.17) is 5.26 Å². The minimum Gasteiger partial charge on any atom is -0.384 e. The van der Waals surface area contributed by atoms with Gasteiger partial charge in [0, 0.05) is 37.9 Å². The molecular weight excluding hydrogens is 467 g/mol. The van der Waals surface area contributed by atoms with Crippen LogP contribution in [0.15, 0.2) is 35.1 Å². The Labute approximate surface area is 217 Å². The highest BCUT2D eigenvalue weighted by Crippen LogP contribution is 2.32. The molecule has 1 N–H and O–H groups in total. The average Bonchev–Trinajstić information content (AvgIpc) is 3.76. The molecular formula is C29H33FN6O. The number of benzene rings is 1. The van der Waals surface area contributed by atoms with Crippen LogP contribution in [0.25, 0.3) is 11.0 Å². The van der Waals surface area contributed by atoms with E-state index in [9.17, 15) is 14.4 Å². The van der Waals surface area contributed by atoms with Crippen LogP contribution in [0.5, 0.6) is 0 Å². The number of nitrogens with zero attached hydrogens (tertiary/aromatic N) is 5. The smallest absolute Gasteiger partial charge is 0.270 e. The van der Waals surface area contributed by atoms with E-state index >= 15 is 0 Å². The van der Waals surface area contributed by atoms with E-state index in [1.807, 2.05) is 31.0 Å². The molecule has 1 aromatic carbocycles. The lowest BCUT2D eigenvalue weighted by atomic mass is 9.93. The third kappa shape index (κ3) is 5.75. The number of aromatic nitrogens is 2. The Kier molecular flexibility index (Phi) is 8.08. The molecule has 2 aromatic heterocycles. The van der Waals surface area contributed by atoms with Gasteiger partial charge in [0.2, 0.25) is 0 Å². The van der Waals surface area contributed by atoms with Crippen molar-refractivity contribution in [1.29, 1.82) is 10.5 Å². The van der Waals surface area contributed by atoms with Gasteiger partial charge in [-0.2, -0.15) is 10.5 Å². The Bertz CT molecular complexity index is 1420. The number of hydrogen-bond donors (Lipinski definition) is 1. The number of nitriles is 2. The fourth-order valence-electron chi connectivity index (χ4n) is 4.93. The molecule has 2 heterocycles. The number of pyridine rings is 2. The molecule has 0 unspecified atom stereocenters. The van der Waals surface area contributed by atoms with Gasteiger partial charge < -0.3 is 14.8 Å². The molecule has 0 bridgehead atoms. The molecule has 7 nitrogen and oxygen atoms in total. The highest BCUT2D eigenvalue weighted by atomic mass is 19.1. The summed E-state index contributed by atoms with van der Waals surface area (Å²) in [6.45, 7) is 2.80. The fraction of sp³-hybridized carbons (Fsp3) is 0.448. The second-order valence-corrected chi connectivity index (χ2v) is 10.0. The van der Waals surface area contributed by atoms with E-state index < -0.39 is 0 Å². The molecule has 2 aliphatic rings. The van der Waals surface area contributed by atoms with E-state index in [-0.39, 0.29) is 28.7 Å². The number of anilines is 2. The molecule has 0 atom stereocenters. The van der Waals surface area contributed by atoms with E-state index in [2.05, 4.69) is 16.4 Å². The first-order chi connectivity index (χ1) is 17.8. The summed E-state index contributed by atoms with van der Waals surface area (Å²) in [5, 5.41) is 22.0. The van der Waals surface area contributed by atoms with Gasteiger partial charge in [-0.3, -0.25) is 4.79 Å². The van der Waals surface area contributed by atoms with Gasteiger partial charge >= 0.3 is 0 Å². The van der Waals surface area contributed by atoms with Gasteiger partial charge in [0.1, 0.15) is 34.7 Å². The zero-order valence-corrected chi connectivity index (χ0v) is 21.7. The normalized spacial score (nSPS) is 15.3. The Balaban J connectivity index is 0.000000207. The zero-order valence-electron chi connectivity index (χ0n) is 21.7. The summed E-state index contributed by atoms with van der Waals surface area (Å²) < 4.78 is 14.5. The third-order valence-corrected chi connectivity index (χ3v) is 7.46. The summed E-state index contributed by atoms with van der Waals surface area (Å²) in [5.41, 5.74) is 3.45. The molecule has 2 fully saturated rings. The minimum absolute atomic E-state index is 0.0978. The van der Waals surface area contributed by atoms with Crippen molar-refractivity contribution < 1.29 is 4.39 Å². The zero-order chi connectivity index (χ0) is 26.5. The van der Waals surface area contributed by atoms with Crippen LogP contribution in [-0.4, -0.2) is 29.2 Å². The SMILES string of the molecule is CN(c1c(C#N)c(=O)n(C)c2ccc(C#N)nc12)C1CCCCC1.Cc1c(F)cccc1NCC1CC1. The predicted molar refractivity (Wildman–Crippen MR) is 144 cm³/mol. The molecule has 8 heteroatoms. The summed E-state index contributed by atoms with van der Waals surface area (Å²) in [5.74, 6) is 0.698. The first-order valence-electron chi connectivity index (χ1n) is 12.9. The second-order valence-electron chi connectivity index (χ2n) is 10.0. The largest absolute Gasteiger partial charge is 0.384 e. The molecule has 0 amide bonds. The lowest BCUT2D eigenvalue weighted by Crippen LogP contribution is -2.36. The predicted octanol–water partition coefficient (Wildman–Crippen LogP) is 5.40. The quantitative estimate of drug-likeness (QED) is 0.504. The highest BCUT2D eigenvalue weighted by Gasteiger charge is 2.26. The van der Waals surface area contributed by atoms with Crippen LogP contribution in [0.1, 0.15) is 61.8 Å². The topological polar surface area (TPSA) is 97.7 Å². The standard InChI is InChI=1S/C18H19N5O.C11H14FN/c1-22(13-6-4-3-5-7-13)17-14(11-20)18(24)23(2)15-9-8-12(10-19)21-16(15)17;1-8-10(12)3-2-4-11(8)13-7-9-5-6-9/h8-9,13H,3-7H2,1-2H3;2-4,9,13H,5-7H2,1H3. The van der Waals surface area contributed by atoms with Crippen LogP contribution in [0, 0.1) is 41.3 Å². The molecule has 0 saturated heterocycles. The molecule has 2 aliphatic carbocycles. The Hall–Kier alpha value is -3.91. The van der Waals surface area contributed by atoms with E-state index in [1.54, 1.807) is 25.2 Å². The Morgan fingerprint density at radius 3 is 2.49 bits per heavy atom. The van der Waals surface area contributed by atoms with Gasteiger partial charge in [0.05, 0.1) is 11.2 Å². The second kappa shape index (κ2) is 11.4. The molecule has 3 aromatic rings. The van der Waals surface area contributed by atoms with Gasteiger partial charge in [-0.15, -0.1) is 0 Å². The van der Waals surface area contributed by atoms with Crippen LogP contribution in [0.4, 0.5) is 15.8 Å². The summed E-state index contributed by atoms with van der Waals surface area (Å²) in [6.07, 6.45) is 8.24. The van der Waals surface area contributed by atoms with Crippen LogP contribution < -0.4 is 15.8 Å². The lowest BCUT2D eigenvalue weighted by Gasteiger charge is -2.33. The van der Waals surface area contributed by atoms with Gasteiger partial charge in [-0.25, -0.2) is 9.37 Å². The monoisotopic (exact) mass is 500 g/mol. The number of hydrogen-bond acceptors (Lipinski definition) is 6. The van der Waals surface area contributed by atoms with Gasteiger partial charge in [0.25, 0.3) is 5.56 Å². The van der Waals surface area contributed by atoms with E-state index in [0.29, 0.717) is 16.7 Å². The van der Waals surface area contributed by atoms with Crippen molar-refractivity contribution in [2.75, 3.05) is 23.8 Å². The van der Waals surface area contributed by atoms with E-state index in [1.165, 1.54) is 29.9 Å². The maximum atomic E-state index is 13.1. The number of nitrogens with one attached hydrogen (secondary N) is 1. The summed E-state index contributed by atoms with van der Waals surface area (Å²) in [4.78, 5) is 19.0. The van der Waals surface area contributed by atoms with Gasteiger partial charge in [-0.1, -0.05) is 25.3 Å². The van der Waals surface area contributed by atoms with Crippen molar-refractivity contribution >= 4 is 22.4 Å². The Morgan fingerprint density at radius 2 is 1.84 bits per heavy atom. The van der Waals surface area contributed by atoms with Crippen LogP contribution in [0.3, 0.4) is 0 Å². The molecule has 5 rings (SSSR count). The van der Waals surface area contributed by atoms with Crippen molar-refractivity contribution in [3.8, 4) is 12.1 Å². The molecule has 192 valence electrons. The first kappa shape index (κ1) is 26.2. The Morgan fingerprint density at radius 1 is 1.11 bits per heavy atom. The van der Waals surface area contributed by atoms with Crippen molar-refractivity contribution in [2.24, 2.45) is 13.0 Å².